The third-order valence-corrected chi connectivity index (χ3v) is 6.36. The normalized spacial score (nSPS) is 18.9. The van der Waals surface area contributed by atoms with Gasteiger partial charge in [0.05, 0.1) is 23.2 Å². The second-order valence-corrected chi connectivity index (χ2v) is 8.62. The molecule has 2 aromatic rings. The van der Waals surface area contributed by atoms with Crippen molar-refractivity contribution in [3.8, 4) is 0 Å². The molecular formula is C24H26ClFN4O2. The van der Waals surface area contributed by atoms with Crippen molar-refractivity contribution < 1.29 is 14.0 Å². The number of hydrogen-bond donors (Lipinski definition) is 2. The van der Waals surface area contributed by atoms with Crippen LogP contribution in [0.3, 0.4) is 0 Å². The fourth-order valence-corrected chi connectivity index (χ4v) is 4.67. The van der Waals surface area contributed by atoms with Crippen molar-refractivity contribution in [3.05, 3.63) is 82.3 Å². The lowest BCUT2D eigenvalue weighted by Crippen LogP contribution is -2.36. The molecule has 2 aliphatic heterocycles. The molecule has 8 heteroatoms. The number of carbonyl (C=O) groups is 2. The van der Waals surface area contributed by atoms with Crippen LogP contribution < -0.4 is 11.1 Å². The van der Waals surface area contributed by atoms with E-state index in [4.69, 9.17) is 17.3 Å². The summed E-state index contributed by atoms with van der Waals surface area (Å²) in [6.07, 6.45) is 2.59. The summed E-state index contributed by atoms with van der Waals surface area (Å²) in [5, 5.41) is 3.13. The summed E-state index contributed by atoms with van der Waals surface area (Å²) >= 11 is 6.06. The number of likely N-dealkylation sites (tertiary alicyclic amines) is 1. The van der Waals surface area contributed by atoms with Gasteiger partial charge in [0, 0.05) is 38.3 Å². The topological polar surface area (TPSA) is 78.7 Å². The van der Waals surface area contributed by atoms with E-state index < -0.39 is 11.7 Å². The monoisotopic (exact) mass is 456 g/mol. The number of nitrogens with two attached hydrogens (primary N) is 1. The molecule has 2 aromatic carbocycles. The number of amides is 2. The van der Waals surface area contributed by atoms with Crippen molar-refractivity contribution in [2.75, 3.05) is 32.7 Å². The molecule has 32 heavy (non-hydrogen) atoms. The van der Waals surface area contributed by atoms with Crippen molar-refractivity contribution >= 4 is 23.4 Å². The fraction of sp³-hybridized carbons (Fsp3) is 0.333. The highest BCUT2D eigenvalue weighted by molar-refractivity contribution is 6.33. The minimum atomic E-state index is -0.605. The van der Waals surface area contributed by atoms with E-state index in [1.54, 1.807) is 4.90 Å². The maximum absolute atomic E-state index is 14.1. The third-order valence-electron chi connectivity index (χ3n) is 6.04. The van der Waals surface area contributed by atoms with Crippen molar-refractivity contribution in [2.45, 2.75) is 12.5 Å². The second kappa shape index (κ2) is 9.81. The zero-order valence-electron chi connectivity index (χ0n) is 17.6. The van der Waals surface area contributed by atoms with Crippen molar-refractivity contribution in [1.29, 1.82) is 0 Å². The van der Waals surface area contributed by atoms with Crippen LogP contribution in [-0.2, 0) is 4.79 Å². The van der Waals surface area contributed by atoms with E-state index in [2.05, 4.69) is 10.2 Å². The first-order chi connectivity index (χ1) is 15.5. The fourth-order valence-electron chi connectivity index (χ4n) is 4.42. The third kappa shape index (κ3) is 4.85. The lowest BCUT2D eigenvalue weighted by Gasteiger charge is -2.24. The Kier molecular flexibility index (Phi) is 6.89. The van der Waals surface area contributed by atoms with Crippen LogP contribution in [0.4, 0.5) is 4.39 Å². The highest BCUT2D eigenvalue weighted by atomic mass is 35.5. The van der Waals surface area contributed by atoms with Crippen LogP contribution in [0.15, 0.2) is 60.3 Å². The van der Waals surface area contributed by atoms with Crippen molar-refractivity contribution in [2.24, 2.45) is 11.7 Å². The van der Waals surface area contributed by atoms with Gasteiger partial charge in [0.25, 0.3) is 5.91 Å². The van der Waals surface area contributed by atoms with Crippen LogP contribution in [0.25, 0.3) is 0 Å². The standard InChI is InChI=1S/C24H26ClFN4O2/c25-19-7-4-8-20(26)23(19)24(32)30-14-17-12-29(13-18(17)15-30)10-9-21(28-22(31)11-27)16-5-2-1-3-6-16/h1-8,14,18,21H,9-13,15,27H2,(H,28,31)/t18?,21-/m0/s1. The molecule has 0 saturated carbocycles. The van der Waals surface area contributed by atoms with E-state index in [9.17, 15) is 14.0 Å². The van der Waals surface area contributed by atoms with Gasteiger partial charge in [0.2, 0.25) is 5.91 Å². The number of nitrogens with zero attached hydrogens (tertiary/aromatic N) is 2. The number of nitrogens with one attached hydrogen (secondary N) is 1. The Labute approximate surface area is 191 Å². The Morgan fingerprint density at radius 1 is 1.16 bits per heavy atom. The van der Waals surface area contributed by atoms with Gasteiger partial charge in [-0.05, 0) is 29.7 Å². The van der Waals surface area contributed by atoms with E-state index in [1.807, 2.05) is 36.5 Å². The molecule has 0 aliphatic carbocycles. The summed E-state index contributed by atoms with van der Waals surface area (Å²) in [7, 11) is 0. The van der Waals surface area contributed by atoms with Crippen LogP contribution in [0, 0.1) is 11.7 Å². The molecule has 3 N–H and O–H groups in total. The van der Waals surface area contributed by atoms with Crippen LogP contribution >= 0.6 is 11.6 Å². The van der Waals surface area contributed by atoms with E-state index >= 15 is 0 Å². The molecule has 0 bridgehead atoms. The minimum Gasteiger partial charge on any atom is -0.348 e. The molecule has 2 atom stereocenters. The summed E-state index contributed by atoms with van der Waals surface area (Å²) in [5.74, 6) is -0.972. The Morgan fingerprint density at radius 3 is 2.62 bits per heavy atom. The first-order valence-corrected chi connectivity index (χ1v) is 11.1. The van der Waals surface area contributed by atoms with E-state index in [1.165, 1.54) is 18.2 Å². The minimum absolute atomic E-state index is 0.0438. The number of fused-ring (bicyclic) bond motifs is 1. The molecule has 4 rings (SSSR count). The number of hydrogen-bond acceptors (Lipinski definition) is 4. The Morgan fingerprint density at radius 2 is 1.94 bits per heavy atom. The Balaban J connectivity index is 1.38. The molecule has 1 fully saturated rings. The van der Waals surface area contributed by atoms with Crippen LogP contribution in [0.1, 0.15) is 28.4 Å². The van der Waals surface area contributed by atoms with Gasteiger partial charge in [-0.2, -0.15) is 0 Å². The van der Waals surface area contributed by atoms with Gasteiger partial charge in [-0.3, -0.25) is 14.5 Å². The maximum Gasteiger partial charge on any atom is 0.262 e. The van der Waals surface area contributed by atoms with Gasteiger partial charge in [-0.15, -0.1) is 0 Å². The number of carbonyl (C=O) groups excluding carboxylic acids is 2. The Bertz CT molecular complexity index is 1010. The summed E-state index contributed by atoms with van der Waals surface area (Å²) in [4.78, 5) is 28.6. The first-order valence-electron chi connectivity index (χ1n) is 10.7. The van der Waals surface area contributed by atoms with E-state index in [-0.39, 0.29) is 35.0 Å². The predicted octanol–water partition coefficient (Wildman–Crippen LogP) is 2.96. The number of rotatable bonds is 7. The number of halogens is 2. The molecule has 2 amide bonds. The molecule has 6 nitrogen and oxygen atoms in total. The van der Waals surface area contributed by atoms with Crippen LogP contribution in [-0.4, -0.2) is 54.3 Å². The van der Waals surface area contributed by atoms with Crippen molar-refractivity contribution in [3.63, 3.8) is 0 Å². The quantitative estimate of drug-likeness (QED) is 0.671. The van der Waals surface area contributed by atoms with E-state index in [0.29, 0.717) is 6.54 Å². The van der Waals surface area contributed by atoms with E-state index in [0.717, 1.165) is 37.2 Å². The molecule has 0 aromatic heterocycles. The zero-order chi connectivity index (χ0) is 22.7. The van der Waals surface area contributed by atoms with Crippen molar-refractivity contribution in [1.82, 2.24) is 15.1 Å². The molecular weight excluding hydrogens is 431 g/mol. The Hall–Kier alpha value is -2.74. The molecule has 0 spiro atoms. The predicted molar refractivity (Wildman–Crippen MR) is 121 cm³/mol. The van der Waals surface area contributed by atoms with Gasteiger partial charge >= 0.3 is 0 Å². The molecule has 1 saturated heterocycles. The lowest BCUT2D eigenvalue weighted by molar-refractivity contribution is -0.120. The average Bonchev–Trinajstić information content (AvgIpc) is 3.36. The second-order valence-electron chi connectivity index (χ2n) is 8.21. The van der Waals surface area contributed by atoms with Crippen LogP contribution in [0.5, 0.6) is 0 Å². The van der Waals surface area contributed by atoms with Gasteiger partial charge in [0.1, 0.15) is 5.82 Å². The SMILES string of the molecule is NCC(=O)N[C@@H](CCN1CC2=CN(C(=O)c3c(F)cccc3Cl)CC2C1)c1ccccc1. The summed E-state index contributed by atoms with van der Waals surface area (Å²) in [6.45, 7) is 2.82. The zero-order valence-corrected chi connectivity index (χ0v) is 18.4. The van der Waals surface area contributed by atoms with Gasteiger partial charge in [0.15, 0.2) is 0 Å². The van der Waals surface area contributed by atoms with Gasteiger partial charge < -0.3 is 16.0 Å². The molecule has 168 valence electrons. The summed E-state index contributed by atoms with van der Waals surface area (Å²) < 4.78 is 14.1. The highest BCUT2D eigenvalue weighted by Gasteiger charge is 2.36. The first kappa shape index (κ1) is 22.5. The van der Waals surface area contributed by atoms with Crippen LogP contribution in [0.2, 0.25) is 5.02 Å². The average molecular weight is 457 g/mol. The largest absolute Gasteiger partial charge is 0.348 e. The maximum atomic E-state index is 14.1. The summed E-state index contributed by atoms with van der Waals surface area (Å²) in [5.41, 5.74) is 7.61. The van der Waals surface area contributed by atoms with Gasteiger partial charge in [-0.1, -0.05) is 48.0 Å². The molecule has 0 radical (unpaired) electrons. The molecule has 2 aliphatic rings. The molecule has 1 unspecified atom stereocenters. The highest BCUT2D eigenvalue weighted by Crippen LogP contribution is 2.32. The summed E-state index contributed by atoms with van der Waals surface area (Å²) in [6, 6.07) is 14.0. The molecule has 2 heterocycles. The lowest BCUT2D eigenvalue weighted by atomic mass is 10.0. The smallest absolute Gasteiger partial charge is 0.262 e. The number of benzene rings is 2. The van der Waals surface area contributed by atoms with Gasteiger partial charge in [-0.25, -0.2) is 4.39 Å².